The van der Waals surface area contributed by atoms with Gasteiger partial charge in [-0.15, -0.1) is 13.2 Å². The maximum absolute atomic E-state index is 12.0. The predicted molar refractivity (Wildman–Crippen MR) is 54.7 cm³/mol. The van der Waals surface area contributed by atoms with Crippen LogP contribution in [0.25, 0.3) is 5.69 Å². The summed E-state index contributed by atoms with van der Waals surface area (Å²) in [6, 6.07) is 5.53. The maximum atomic E-state index is 12.0. The molecule has 1 heterocycles. The van der Waals surface area contributed by atoms with Crippen LogP contribution in [-0.4, -0.2) is 15.9 Å². The zero-order chi connectivity index (χ0) is 12.5. The molecule has 1 aromatic carbocycles. The van der Waals surface area contributed by atoms with E-state index in [-0.39, 0.29) is 11.6 Å². The van der Waals surface area contributed by atoms with E-state index < -0.39 is 6.36 Å². The Labute approximate surface area is 94.4 Å². The SMILES string of the molecule is Nc1cn(-c2cccc(OC(F)(F)F)c2)cn1. The van der Waals surface area contributed by atoms with Crippen molar-refractivity contribution in [2.45, 2.75) is 6.36 Å². The lowest BCUT2D eigenvalue weighted by atomic mass is 10.3. The highest BCUT2D eigenvalue weighted by Gasteiger charge is 2.31. The van der Waals surface area contributed by atoms with Gasteiger partial charge in [-0.2, -0.15) is 0 Å². The van der Waals surface area contributed by atoms with E-state index in [9.17, 15) is 13.2 Å². The Morgan fingerprint density at radius 3 is 2.65 bits per heavy atom. The van der Waals surface area contributed by atoms with Crippen molar-refractivity contribution < 1.29 is 17.9 Å². The number of ether oxygens (including phenoxy) is 1. The first kappa shape index (κ1) is 11.3. The Balaban J connectivity index is 2.29. The van der Waals surface area contributed by atoms with E-state index in [1.807, 2.05) is 0 Å². The summed E-state index contributed by atoms with van der Waals surface area (Å²) in [6.07, 6.45) is -1.80. The molecule has 17 heavy (non-hydrogen) atoms. The number of nitrogens with two attached hydrogens (primary N) is 1. The number of nitrogen functional groups attached to an aromatic ring is 1. The van der Waals surface area contributed by atoms with E-state index in [1.165, 1.54) is 35.3 Å². The zero-order valence-electron chi connectivity index (χ0n) is 8.48. The number of hydrogen-bond donors (Lipinski definition) is 1. The van der Waals surface area contributed by atoms with Crippen molar-refractivity contribution in [3.63, 3.8) is 0 Å². The van der Waals surface area contributed by atoms with Crippen LogP contribution >= 0.6 is 0 Å². The van der Waals surface area contributed by atoms with Gasteiger partial charge in [-0.1, -0.05) is 6.07 Å². The van der Waals surface area contributed by atoms with Crippen molar-refractivity contribution in [1.29, 1.82) is 0 Å². The first-order chi connectivity index (χ1) is 7.94. The Kier molecular flexibility index (Phi) is 2.66. The number of rotatable bonds is 2. The number of hydrogen-bond acceptors (Lipinski definition) is 3. The van der Waals surface area contributed by atoms with Gasteiger partial charge in [0.05, 0.1) is 11.9 Å². The van der Waals surface area contributed by atoms with Crippen LogP contribution in [-0.2, 0) is 0 Å². The van der Waals surface area contributed by atoms with Crippen molar-refractivity contribution in [3.8, 4) is 11.4 Å². The van der Waals surface area contributed by atoms with E-state index >= 15 is 0 Å². The third kappa shape index (κ3) is 2.90. The van der Waals surface area contributed by atoms with Gasteiger partial charge < -0.3 is 15.0 Å². The molecule has 4 nitrogen and oxygen atoms in total. The topological polar surface area (TPSA) is 53.1 Å². The molecule has 0 aliphatic heterocycles. The number of imidazole rings is 1. The molecular formula is C10H8F3N3O. The van der Waals surface area contributed by atoms with Gasteiger partial charge in [0.15, 0.2) is 0 Å². The summed E-state index contributed by atoms with van der Waals surface area (Å²) in [5.74, 6) is -0.00517. The third-order valence-corrected chi connectivity index (χ3v) is 1.95. The molecule has 0 aliphatic carbocycles. The molecule has 0 fully saturated rings. The van der Waals surface area contributed by atoms with Gasteiger partial charge in [-0.3, -0.25) is 0 Å². The van der Waals surface area contributed by atoms with Crippen LogP contribution in [0, 0.1) is 0 Å². The van der Waals surface area contributed by atoms with E-state index in [0.29, 0.717) is 5.69 Å². The van der Waals surface area contributed by atoms with Crippen molar-refractivity contribution in [2.75, 3.05) is 5.73 Å². The van der Waals surface area contributed by atoms with Crippen LogP contribution in [0.5, 0.6) is 5.75 Å². The minimum atomic E-state index is -4.70. The van der Waals surface area contributed by atoms with Gasteiger partial charge >= 0.3 is 6.36 Å². The average Bonchev–Trinajstić information content (AvgIpc) is 2.63. The molecule has 2 N–H and O–H groups in total. The molecule has 0 unspecified atom stereocenters. The summed E-state index contributed by atoms with van der Waals surface area (Å²) in [5, 5.41) is 0. The summed E-state index contributed by atoms with van der Waals surface area (Å²) in [4.78, 5) is 3.77. The highest BCUT2D eigenvalue weighted by molar-refractivity contribution is 5.41. The second kappa shape index (κ2) is 4.00. The van der Waals surface area contributed by atoms with Crippen molar-refractivity contribution in [2.24, 2.45) is 0 Å². The predicted octanol–water partition coefficient (Wildman–Crippen LogP) is 2.35. The summed E-state index contributed by atoms with van der Waals surface area (Å²) in [7, 11) is 0. The number of alkyl halides is 3. The third-order valence-electron chi connectivity index (χ3n) is 1.95. The van der Waals surface area contributed by atoms with Crippen molar-refractivity contribution in [1.82, 2.24) is 9.55 Å². The molecule has 0 aliphatic rings. The smallest absolute Gasteiger partial charge is 0.406 e. The maximum Gasteiger partial charge on any atom is 0.573 e. The standard InChI is InChI=1S/C10H8F3N3O/c11-10(12,13)17-8-3-1-2-7(4-8)16-5-9(14)15-6-16/h1-6H,14H2. The van der Waals surface area contributed by atoms with Gasteiger partial charge in [0.2, 0.25) is 0 Å². The zero-order valence-corrected chi connectivity index (χ0v) is 8.48. The minimum absolute atomic E-state index is 0.284. The fourth-order valence-corrected chi connectivity index (χ4v) is 1.32. The fourth-order valence-electron chi connectivity index (χ4n) is 1.32. The van der Waals surface area contributed by atoms with Crippen molar-refractivity contribution >= 4 is 5.82 Å². The number of anilines is 1. The molecule has 0 saturated carbocycles. The second-order valence-electron chi connectivity index (χ2n) is 3.25. The Hall–Kier alpha value is -2.18. The molecule has 0 amide bonds. The molecule has 0 spiro atoms. The van der Waals surface area contributed by atoms with Gasteiger partial charge in [0, 0.05) is 6.07 Å². The molecule has 0 atom stereocenters. The number of benzene rings is 1. The van der Waals surface area contributed by atoms with E-state index in [4.69, 9.17) is 5.73 Å². The highest BCUT2D eigenvalue weighted by Crippen LogP contribution is 2.24. The van der Waals surface area contributed by atoms with Crippen molar-refractivity contribution in [3.05, 3.63) is 36.8 Å². The van der Waals surface area contributed by atoms with Crippen LogP contribution in [0.2, 0.25) is 0 Å². The Bertz CT molecular complexity index is 522. The summed E-state index contributed by atoms with van der Waals surface area (Å²) < 4.78 is 41.4. The Morgan fingerprint density at radius 1 is 1.29 bits per heavy atom. The van der Waals surface area contributed by atoms with E-state index in [0.717, 1.165) is 0 Å². The average molecular weight is 243 g/mol. The number of nitrogens with zero attached hydrogens (tertiary/aromatic N) is 2. The molecule has 2 rings (SSSR count). The summed E-state index contributed by atoms with van der Waals surface area (Å²) in [6.45, 7) is 0. The second-order valence-corrected chi connectivity index (χ2v) is 3.25. The molecule has 7 heteroatoms. The van der Waals surface area contributed by atoms with Gasteiger partial charge in [0.25, 0.3) is 0 Å². The molecule has 0 saturated heterocycles. The van der Waals surface area contributed by atoms with E-state index in [2.05, 4.69) is 9.72 Å². The fraction of sp³-hybridized carbons (Fsp3) is 0.100. The molecule has 1 aromatic heterocycles. The number of halogens is 3. The van der Waals surface area contributed by atoms with Crippen LogP contribution < -0.4 is 10.5 Å². The first-order valence-electron chi connectivity index (χ1n) is 4.60. The lowest BCUT2D eigenvalue weighted by Crippen LogP contribution is -2.17. The van der Waals surface area contributed by atoms with Crippen LogP contribution in [0.3, 0.4) is 0 Å². The molecule has 2 aromatic rings. The molecule has 0 bridgehead atoms. The first-order valence-corrected chi connectivity index (χ1v) is 4.60. The lowest BCUT2D eigenvalue weighted by molar-refractivity contribution is -0.274. The largest absolute Gasteiger partial charge is 0.573 e. The van der Waals surface area contributed by atoms with Crippen LogP contribution in [0.1, 0.15) is 0 Å². The molecule has 90 valence electrons. The van der Waals surface area contributed by atoms with Gasteiger partial charge in [-0.05, 0) is 12.1 Å². The highest BCUT2D eigenvalue weighted by atomic mass is 19.4. The number of aromatic nitrogens is 2. The van der Waals surface area contributed by atoms with Gasteiger partial charge in [-0.25, -0.2) is 4.98 Å². The molecule has 0 radical (unpaired) electrons. The molecular weight excluding hydrogens is 235 g/mol. The van der Waals surface area contributed by atoms with Crippen LogP contribution in [0.15, 0.2) is 36.8 Å². The quantitative estimate of drug-likeness (QED) is 0.880. The van der Waals surface area contributed by atoms with Crippen LogP contribution in [0.4, 0.5) is 19.0 Å². The summed E-state index contributed by atoms with van der Waals surface area (Å²) >= 11 is 0. The minimum Gasteiger partial charge on any atom is -0.406 e. The van der Waals surface area contributed by atoms with E-state index in [1.54, 1.807) is 6.07 Å². The van der Waals surface area contributed by atoms with Gasteiger partial charge in [0.1, 0.15) is 17.9 Å². The normalized spacial score (nSPS) is 11.5. The lowest BCUT2D eigenvalue weighted by Gasteiger charge is -2.10. The monoisotopic (exact) mass is 243 g/mol. The Morgan fingerprint density at radius 2 is 2.06 bits per heavy atom. The summed E-state index contributed by atoms with van der Waals surface area (Å²) in [5.41, 5.74) is 5.89.